The molecule has 3 aromatic carbocycles. The number of carbonyl (C=O) groups is 1. The second kappa shape index (κ2) is 7.79. The second-order valence-corrected chi connectivity index (χ2v) is 5.71. The molecule has 0 atom stereocenters. The van der Waals surface area contributed by atoms with E-state index in [1.54, 1.807) is 29.2 Å². The van der Waals surface area contributed by atoms with Gasteiger partial charge in [0.25, 0.3) is 5.91 Å². The van der Waals surface area contributed by atoms with Gasteiger partial charge in [-0.2, -0.15) is 0 Å². The van der Waals surface area contributed by atoms with Gasteiger partial charge >= 0.3 is 7.12 Å². The Bertz CT molecular complexity index is 821. The molecule has 25 heavy (non-hydrogen) atoms. The molecule has 0 radical (unpaired) electrons. The van der Waals surface area contributed by atoms with Crippen molar-refractivity contribution in [2.45, 2.75) is 6.54 Å². The topological polar surface area (TPSA) is 60.8 Å². The van der Waals surface area contributed by atoms with Crippen LogP contribution in [0.1, 0.15) is 15.9 Å². The molecule has 1 amide bonds. The monoisotopic (exact) mass is 331 g/mol. The first-order chi connectivity index (χ1) is 12.1. The van der Waals surface area contributed by atoms with Crippen molar-refractivity contribution in [3.63, 3.8) is 0 Å². The molecule has 4 nitrogen and oxygen atoms in total. The average Bonchev–Trinajstić information content (AvgIpc) is 2.67. The van der Waals surface area contributed by atoms with E-state index in [1.165, 1.54) is 0 Å². The highest BCUT2D eigenvalue weighted by molar-refractivity contribution is 6.58. The van der Waals surface area contributed by atoms with Gasteiger partial charge in [-0.15, -0.1) is 0 Å². The van der Waals surface area contributed by atoms with E-state index in [9.17, 15) is 14.8 Å². The van der Waals surface area contributed by atoms with Gasteiger partial charge in [-0.05, 0) is 35.3 Å². The third-order valence-electron chi connectivity index (χ3n) is 3.95. The van der Waals surface area contributed by atoms with Crippen LogP contribution in [0.4, 0.5) is 5.69 Å². The number of hydrogen-bond acceptors (Lipinski definition) is 3. The van der Waals surface area contributed by atoms with Gasteiger partial charge in [0.05, 0.1) is 6.54 Å². The molecule has 0 saturated carbocycles. The molecule has 124 valence electrons. The Balaban J connectivity index is 1.92. The Hall–Kier alpha value is -2.89. The summed E-state index contributed by atoms with van der Waals surface area (Å²) in [5.74, 6) is -0.144. The van der Waals surface area contributed by atoms with Crippen molar-refractivity contribution in [2.24, 2.45) is 0 Å². The normalized spacial score (nSPS) is 10.3. The van der Waals surface area contributed by atoms with Crippen molar-refractivity contribution in [1.82, 2.24) is 0 Å². The molecule has 0 unspecified atom stereocenters. The minimum atomic E-state index is -1.54. The lowest BCUT2D eigenvalue weighted by molar-refractivity contribution is 0.0985. The molecule has 3 rings (SSSR count). The molecule has 2 N–H and O–H groups in total. The summed E-state index contributed by atoms with van der Waals surface area (Å²) < 4.78 is 0. The summed E-state index contributed by atoms with van der Waals surface area (Å²) >= 11 is 0. The van der Waals surface area contributed by atoms with Crippen LogP contribution in [0.15, 0.2) is 84.9 Å². The van der Waals surface area contributed by atoms with Gasteiger partial charge in [0.1, 0.15) is 0 Å². The first kappa shape index (κ1) is 17.0. The number of hydrogen-bond donors (Lipinski definition) is 2. The molecule has 0 aromatic heterocycles. The Labute approximate surface area is 147 Å². The quantitative estimate of drug-likeness (QED) is 0.705. The van der Waals surface area contributed by atoms with Crippen LogP contribution < -0.4 is 10.4 Å². The van der Waals surface area contributed by atoms with Crippen LogP contribution in [0.3, 0.4) is 0 Å². The van der Waals surface area contributed by atoms with Gasteiger partial charge < -0.3 is 14.9 Å². The number of rotatable bonds is 5. The molecular formula is C20H18BNO3. The van der Waals surface area contributed by atoms with Crippen LogP contribution >= 0.6 is 0 Å². The number of amides is 1. The van der Waals surface area contributed by atoms with Crippen LogP contribution in [0.25, 0.3) is 0 Å². The summed E-state index contributed by atoms with van der Waals surface area (Å²) in [4.78, 5) is 14.7. The van der Waals surface area contributed by atoms with E-state index < -0.39 is 7.12 Å². The summed E-state index contributed by atoms with van der Waals surface area (Å²) in [5, 5.41) is 18.4. The van der Waals surface area contributed by atoms with Crippen molar-refractivity contribution >= 4 is 24.2 Å². The lowest BCUT2D eigenvalue weighted by Gasteiger charge is -2.23. The molecule has 0 heterocycles. The Morgan fingerprint density at radius 1 is 0.800 bits per heavy atom. The fourth-order valence-electron chi connectivity index (χ4n) is 2.61. The van der Waals surface area contributed by atoms with Gasteiger partial charge in [0, 0.05) is 11.3 Å². The number of benzene rings is 3. The van der Waals surface area contributed by atoms with Crippen molar-refractivity contribution in [1.29, 1.82) is 0 Å². The van der Waals surface area contributed by atoms with Gasteiger partial charge in [-0.25, -0.2) is 0 Å². The molecule has 0 spiro atoms. The molecule has 0 fully saturated rings. The standard InChI is InChI=1S/C20H18BNO3/c23-20(17-11-13-18(14-12-17)21(24)25)22(19-9-5-2-6-10-19)15-16-7-3-1-4-8-16/h1-14,24-25H,15H2. The zero-order valence-corrected chi connectivity index (χ0v) is 13.6. The number of carbonyl (C=O) groups excluding carboxylic acids is 1. The van der Waals surface area contributed by atoms with E-state index in [1.807, 2.05) is 60.7 Å². The van der Waals surface area contributed by atoms with E-state index in [0.717, 1.165) is 11.3 Å². The van der Waals surface area contributed by atoms with E-state index >= 15 is 0 Å². The van der Waals surface area contributed by atoms with Crippen LogP contribution in [0, 0.1) is 0 Å². The zero-order chi connectivity index (χ0) is 17.6. The fraction of sp³-hybridized carbons (Fsp3) is 0.0500. The smallest absolute Gasteiger partial charge is 0.423 e. The molecule has 0 aliphatic carbocycles. The van der Waals surface area contributed by atoms with E-state index in [4.69, 9.17) is 0 Å². The molecule has 3 aromatic rings. The Kier molecular flexibility index (Phi) is 5.28. The summed E-state index contributed by atoms with van der Waals surface area (Å²) in [7, 11) is -1.54. The summed E-state index contributed by atoms with van der Waals surface area (Å²) in [5.41, 5.74) is 2.68. The van der Waals surface area contributed by atoms with Crippen LogP contribution in [-0.4, -0.2) is 23.1 Å². The average molecular weight is 331 g/mol. The SMILES string of the molecule is O=C(c1ccc(B(O)O)cc1)N(Cc1ccccc1)c1ccccc1. The zero-order valence-electron chi connectivity index (χ0n) is 13.6. The molecular weight excluding hydrogens is 313 g/mol. The highest BCUT2D eigenvalue weighted by atomic mass is 16.4. The maximum Gasteiger partial charge on any atom is 0.488 e. The Morgan fingerprint density at radius 3 is 1.92 bits per heavy atom. The predicted octanol–water partition coefficient (Wildman–Crippen LogP) is 2.21. The van der Waals surface area contributed by atoms with Crippen molar-refractivity contribution in [2.75, 3.05) is 4.90 Å². The van der Waals surface area contributed by atoms with E-state index in [0.29, 0.717) is 17.6 Å². The minimum absolute atomic E-state index is 0.144. The summed E-state index contributed by atoms with van der Waals surface area (Å²) in [6, 6.07) is 25.6. The maximum absolute atomic E-state index is 13.0. The Morgan fingerprint density at radius 2 is 1.36 bits per heavy atom. The maximum atomic E-state index is 13.0. The predicted molar refractivity (Wildman–Crippen MR) is 99.7 cm³/mol. The molecule has 0 aliphatic heterocycles. The van der Waals surface area contributed by atoms with Crippen LogP contribution in [-0.2, 0) is 6.54 Å². The third-order valence-corrected chi connectivity index (χ3v) is 3.95. The molecule has 0 bridgehead atoms. The van der Waals surface area contributed by atoms with Crippen LogP contribution in [0.5, 0.6) is 0 Å². The number of nitrogens with zero attached hydrogens (tertiary/aromatic N) is 1. The largest absolute Gasteiger partial charge is 0.488 e. The highest BCUT2D eigenvalue weighted by Crippen LogP contribution is 2.19. The second-order valence-electron chi connectivity index (χ2n) is 5.71. The van der Waals surface area contributed by atoms with Crippen LogP contribution in [0.2, 0.25) is 0 Å². The minimum Gasteiger partial charge on any atom is -0.423 e. The van der Waals surface area contributed by atoms with Crippen molar-refractivity contribution in [3.8, 4) is 0 Å². The highest BCUT2D eigenvalue weighted by Gasteiger charge is 2.19. The van der Waals surface area contributed by atoms with E-state index in [-0.39, 0.29) is 5.91 Å². The van der Waals surface area contributed by atoms with Gasteiger partial charge in [0.2, 0.25) is 0 Å². The van der Waals surface area contributed by atoms with Crippen molar-refractivity contribution in [3.05, 3.63) is 96.1 Å². The first-order valence-corrected chi connectivity index (χ1v) is 8.02. The lowest BCUT2D eigenvalue weighted by Crippen LogP contribution is -2.32. The van der Waals surface area contributed by atoms with E-state index in [2.05, 4.69) is 0 Å². The number of para-hydroxylation sites is 1. The van der Waals surface area contributed by atoms with Crippen molar-refractivity contribution < 1.29 is 14.8 Å². The molecule has 0 aliphatic rings. The van der Waals surface area contributed by atoms with Gasteiger partial charge in [-0.1, -0.05) is 60.7 Å². The summed E-state index contributed by atoms with van der Waals surface area (Å²) in [6.07, 6.45) is 0. The molecule has 0 saturated heterocycles. The summed E-state index contributed by atoms with van der Waals surface area (Å²) in [6.45, 7) is 0.452. The van der Waals surface area contributed by atoms with Gasteiger partial charge in [0.15, 0.2) is 0 Å². The lowest BCUT2D eigenvalue weighted by atomic mass is 9.80. The van der Waals surface area contributed by atoms with Gasteiger partial charge in [-0.3, -0.25) is 4.79 Å². The fourth-order valence-corrected chi connectivity index (χ4v) is 2.61. The molecule has 5 heteroatoms. The third kappa shape index (κ3) is 4.15. The number of anilines is 1. The first-order valence-electron chi connectivity index (χ1n) is 8.02.